The van der Waals surface area contributed by atoms with Crippen LogP contribution in [0.4, 0.5) is 5.69 Å². The van der Waals surface area contributed by atoms with Gasteiger partial charge in [-0.3, -0.25) is 19.7 Å². The number of hydrogen-bond acceptors (Lipinski definition) is 10. The lowest BCUT2D eigenvalue weighted by atomic mass is 10.0. The van der Waals surface area contributed by atoms with Crippen molar-refractivity contribution in [2.24, 2.45) is 5.73 Å². The number of rotatable bonds is 19. The molecule has 0 aliphatic carbocycles. The Kier molecular flexibility index (Phi) is 12.7. The topological polar surface area (TPSA) is 151 Å². The highest BCUT2D eigenvalue weighted by Crippen LogP contribution is 2.32. The smallest absolute Gasteiger partial charge is 0.255 e. The predicted octanol–water partition coefficient (Wildman–Crippen LogP) is -0.0988. The molecule has 12 heteroatoms. The van der Waals surface area contributed by atoms with E-state index in [1.165, 1.54) is 0 Å². The first-order valence-electron chi connectivity index (χ1n) is 12.7. The molecule has 4 N–H and O–H groups in total. The van der Waals surface area contributed by atoms with Gasteiger partial charge in [0, 0.05) is 42.9 Å². The second-order valence-electron chi connectivity index (χ2n) is 8.51. The Labute approximate surface area is 217 Å². The lowest BCUT2D eigenvalue weighted by Crippen LogP contribution is -2.52. The van der Waals surface area contributed by atoms with E-state index in [1.807, 2.05) is 12.1 Å². The molecular formula is C25H38N4O8. The molecule has 206 valence electrons. The van der Waals surface area contributed by atoms with E-state index in [-0.39, 0.29) is 18.2 Å². The summed E-state index contributed by atoms with van der Waals surface area (Å²) in [5, 5.41) is 5.63. The Morgan fingerprint density at radius 3 is 2.05 bits per heavy atom. The Morgan fingerprint density at radius 1 is 0.865 bits per heavy atom. The average Bonchev–Trinajstić information content (AvgIpc) is 3.22. The molecule has 1 saturated heterocycles. The highest BCUT2D eigenvalue weighted by molar-refractivity contribution is 6.06. The van der Waals surface area contributed by atoms with Gasteiger partial charge in [-0.1, -0.05) is 6.07 Å². The number of anilines is 1. The van der Waals surface area contributed by atoms with Crippen molar-refractivity contribution in [1.29, 1.82) is 0 Å². The first-order valence-corrected chi connectivity index (χ1v) is 12.7. The van der Waals surface area contributed by atoms with Gasteiger partial charge >= 0.3 is 0 Å². The molecule has 1 unspecified atom stereocenters. The number of carbonyl (C=O) groups is 3. The summed E-state index contributed by atoms with van der Waals surface area (Å²) in [6, 6.07) is 4.86. The fraction of sp³-hybridized carbons (Fsp3) is 0.640. The number of piperidine rings is 1. The summed E-state index contributed by atoms with van der Waals surface area (Å²) in [6.07, 6.45) is 0.576. The summed E-state index contributed by atoms with van der Waals surface area (Å²) >= 11 is 0. The maximum Gasteiger partial charge on any atom is 0.255 e. The van der Waals surface area contributed by atoms with Gasteiger partial charge in [-0.15, -0.1) is 0 Å². The molecule has 12 nitrogen and oxygen atoms in total. The minimum atomic E-state index is -0.626. The van der Waals surface area contributed by atoms with Crippen molar-refractivity contribution in [3.8, 4) is 0 Å². The largest absolute Gasteiger partial charge is 0.382 e. The van der Waals surface area contributed by atoms with Crippen molar-refractivity contribution < 1.29 is 38.1 Å². The van der Waals surface area contributed by atoms with Crippen LogP contribution in [0.5, 0.6) is 0 Å². The molecule has 37 heavy (non-hydrogen) atoms. The van der Waals surface area contributed by atoms with Gasteiger partial charge < -0.3 is 39.6 Å². The third kappa shape index (κ3) is 9.33. The number of nitrogens with two attached hydrogens (primary N) is 1. The highest BCUT2D eigenvalue weighted by atomic mass is 16.6. The first kappa shape index (κ1) is 29.0. The van der Waals surface area contributed by atoms with Crippen molar-refractivity contribution >= 4 is 23.4 Å². The van der Waals surface area contributed by atoms with E-state index in [9.17, 15) is 14.4 Å². The maximum absolute atomic E-state index is 12.9. The zero-order valence-corrected chi connectivity index (χ0v) is 21.2. The van der Waals surface area contributed by atoms with Crippen molar-refractivity contribution in [1.82, 2.24) is 10.2 Å². The van der Waals surface area contributed by atoms with Crippen LogP contribution in [0.1, 0.15) is 28.8 Å². The molecule has 2 heterocycles. The molecule has 0 spiro atoms. The van der Waals surface area contributed by atoms with E-state index in [0.29, 0.717) is 97.7 Å². The van der Waals surface area contributed by atoms with E-state index in [2.05, 4.69) is 10.6 Å². The number of benzene rings is 1. The molecule has 1 aromatic rings. The molecule has 2 aliphatic rings. The van der Waals surface area contributed by atoms with Gasteiger partial charge in [0.15, 0.2) is 0 Å². The summed E-state index contributed by atoms with van der Waals surface area (Å²) in [4.78, 5) is 38.1. The molecule has 0 aromatic heterocycles. The molecule has 1 atom stereocenters. The maximum atomic E-state index is 12.9. The quantitative estimate of drug-likeness (QED) is 0.166. The van der Waals surface area contributed by atoms with E-state index in [4.69, 9.17) is 29.4 Å². The van der Waals surface area contributed by atoms with E-state index >= 15 is 0 Å². The second kappa shape index (κ2) is 16.3. The molecular weight excluding hydrogens is 484 g/mol. The molecule has 3 rings (SSSR count). The third-order valence-electron chi connectivity index (χ3n) is 5.89. The Hall–Kier alpha value is -2.61. The van der Waals surface area contributed by atoms with Gasteiger partial charge in [-0.05, 0) is 18.6 Å². The monoisotopic (exact) mass is 522 g/mol. The van der Waals surface area contributed by atoms with E-state index in [1.54, 1.807) is 11.0 Å². The van der Waals surface area contributed by atoms with Crippen LogP contribution in [-0.4, -0.2) is 108 Å². The van der Waals surface area contributed by atoms with Gasteiger partial charge in [-0.25, -0.2) is 0 Å². The lowest BCUT2D eigenvalue weighted by molar-refractivity contribution is -0.136. The molecule has 3 amide bonds. The van der Waals surface area contributed by atoms with Gasteiger partial charge in [0.05, 0.1) is 66.1 Å². The van der Waals surface area contributed by atoms with Crippen LogP contribution >= 0.6 is 0 Å². The van der Waals surface area contributed by atoms with Crippen LogP contribution in [0.2, 0.25) is 0 Å². The van der Waals surface area contributed by atoms with Gasteiger partial charge in [-0.2, -0.15) is 0 Å². The average molecular weight is 523 g/mol. The number of ether oxygens (including phenoxy) is 5. The minimum absolute atomic E-state index is 0.189. The number of amides is 3. The number of fused-ring (bicyclic) bond motifs is 1. The SMILES string of the molecule is NCCOCCOCCOCCOCCOCCNc1cccc2c1CN(C1CCC(=O)NC1=O)C2=O. The van der Waals surface area contributed by atoms with Crippen LogP contribution in [0.25, 0.3) is 0 Å². The number of hydrogen-bond donors (Lipinski definition) is 3. The Morgan fingerprint density at radius 2 is 1.46 bits per heavy atom. The van der Waals surface area contributed by atoms with Gasteiger partial charge in [0.25, 0.3) is 5.91 Å². The van der Waals surface area contributed by atoms with Crippen molar-refractivity contribution in [2.75, 3.05) is 84.5 Å². The molecule has 1 fully saturated rings. The number of nitrogens with one attached hydrogen (secondary N) is 2. The third-order valence-corrected chi connectivity index (χ3v) is 5.89. The number of nitrogens with zero attached hydrogens (tertiary/aromatic N) is 1. The minimum Gasteiger partial charge on any atom is -0.382 e. The molecule has 0 saturated carbocycles. The van der Waals surface area contributed by atoms with Crippen molar-refractivity contribution in [3.63, 3.8) is 0 Å². The van der Waals surface area contributed by atoms with Crippen molar-refractivity contribution in [2.45, 2.75) is 25.4 Å². The highest BCUT2D eigenvalue weighted by Gasteiger charge is 2.39. The summed E-state index contributed by atoms with van der Waals surface area (Å²) < 4.78 is 27.1. The molecule has 0 radical (unpaired) electrons. The van der Waals surface area contributed by atoms with E-state index in [0.717, 1.165) is 11.3 Å². The predicted molar refractivity (Wildman–Crippen MR) is 134 cm³/mol. The number of carbonyl (C=O) groups excluding carboxylic acids is 3. The second-order valence-corrected chi connectivity index (χ2v) is 8.51. The number of imide groups is 1. The van der Waals surface area contributed by atoms with Crippen molar-refractivity contribution in [3.05, 3.63) is 29.3 Å². The zero-order chi connectivity index (χ0) is 26.3. The molecule has 2 aliphatic heterocycles. The summed E-state index contributed by atoms with van der Waals surface area (Å²) in [7, 11) is 0. The van der Waals surface area contributed by atoms with Gasteiger partial charge in [0.1, 0.15) is 6.04 Å². The fourth-order valence-corrected chi connectivity index (χ4v) is 4.07. The molecule has 1 aromatic carbocycles. The fourth-order valence-electron chi connectivity index (χ4n) is 4.07. The van der Waals surface area contributed by atoms with Crippen LogP contribution in [0.3, 0.4) is 0 Å². The summed E-state index contributed by atoms with van der Waals surface area (Å²) in [5.41, 5.74) is 7.59. The molecule has 0 bridgehead atoms. The first-order chi connectivity index (χ1) is 18.1. The standard InChI is InChI=1S/C25H38N4O8/c26-6-8-33-10-12-35-14-16-37-17-15-36-13-11-34-9-7-27-21-3-1-2-19-20(21)18-29(25(19)32)22-4-5-23(30)28-24(22)31/h1-3,22,27H,4-18,26H2,(H,28,30,31). The van der Waals surface area contributed by atoms with Crippen LogP contribution in [0, 0.1) is 0 Å². The van der Waals surface area contributed by atoms with Crippen LogP contribution in [-0.2, 0) is 39.8 Å². The lowest BCUT2D eigenvalue weighted by Gasteiger charge is -2.29. The zero-order valence-electron chi connectivity index (χ0n) is 21.2. The van der Waals surface area contributed by atoms with Crippen LogP contribution < -0.4 is 16.4 Å². The summed E-state index contributed by atoms with van der Waals surface area (Å²) in [5.74, 6) is -0.900. The normalized spacial score (nSPS) is 17.3. The van der Waals surface area contributed by atoms with Gasteiger partial charge in [0.2, 0.25) is 11.8 Å². The summed E-state index contributed by atoms with van der Waals surface area (Å²) in [6.45, 7) is 6.38. The Bertz CT molecular complexity index is 884. The Balaban J connectivity index is 1.22. The van der Waals surface area contributed by atoms with E-state index < -0.39 is 11.9 Å². The van der Waals surface area contributed by atoms with Crippen LogP contribution in [0.15, 0.2) is 18.2 Å².